The largest absolute Gasteiger partial charge is 0.492 e. The van der Waals surface area contributed by atoms with Crippen LogP contribution in [0.2, 0.25) is 0 Å². The van der Waals surface area contributed by atoms with E-state index in [1.54, 1.807) is 24.3 Å². The Morgan fingerprint density at radius 3 is 2.57 bits per heavy atom. The van der Waals surface area contributed by atoms with Crippen molar-refractivity contribution in [1.29, 1.82) is 0 Å². The van der Waals surface area contributed by atoms with Crippen molar-refractivity contribution in [2.75, 3.05) is 6.61 Å². The molecule has 30 heavy (non-hydrogen) atoms. The van der Waals surface area contributed by atoms with Crippen LogP contribution in [0.4, 0.5) is 18.9 Å². The molecule has 3 rings (SSSR count). The number of hydrogen-bond donors (Lipinski definition) is 2. The number of rotatable bonds is 6. The van der Waals surface area contributed by atoms with Crippen LogP contribution >= 0.6 is 0 Å². The number of aryl methyl sites for hydroxylation is 1. The predicted octanol–water partition coefficient (Wildman–Crippen LogP) is 4.17. The predicted molar refractivity (Wildman–Crippen MR) is 103 cm³/mol. The van der Waals surface area contributed by atoms with Crippen molar-refractivity contribution in [3.63, 3.8) is 0 Å². The fourth-order valence-electron chi connectivity index (χ4n) is 3.68. The maximum atomic E-state index is 13.6. The van der Waals surface area contributed by atoms with Gasteiger partial charge in [0.25, 0.3) is 5.69 Å². The van der Waals surface area contributed by atoms with Crippen molar-refractivity contribution in [3.05, 3.63) is 69.3 Å². The SMILES string of the molecule is Cc1cc(C2C[C@@H](COc3ccc(/C=N/O)cc3)N[C@H]2C(F)(F)F)ccc1[N+](=O)[O-]. The first kappa shape index (κ1) is 21.6. The molecule has 160 valence electrons. The number of nitrogens with zero attached hydrogens (tertiary/aromatic N) is 2. The second-order valence-electron chi connectivity index (χ2n) is 7.15. The standard InChI is InChI=1S/C20H20F3N3O4/c1-12-8-14(4-7-18(12)26(28)29)17-9-15(25-19(17)20(21,22)23)11-30-16-5-2-13(3-6-16)10-24-27/h2-8,10,15,17,19,25,27H,9,11H2,1H3/b24-10+/t15-,17?,19+/m0/s1. The molecule has 3 atom stereocenters. The summed E-state index contributed by atoms with van der Waals surface area (Å²) in [5, 5.41) is 25.0. The number of nitro groups is 1. The Kier molecular flexibility index (Phi) is 6.25. The molecule has 1 aliphatic heterocycles. The van der Waals surface area contributed by atoms with Gasteiger partial charge in [0.2, 0.25) is 0 Å². The average Bonchev–Trinajstić information content (AvgIpc) is 3.12. The monoisotopic (exact) mass is 423 g/mol. The summed E-state index contributed by atoms with van der Waals surface area (Å²) in [6, 6.07) is 8.34. The lowest BCUT2D eigenvalue weighted by molar-refractivity contribution is -0.385. The number of ether oxygens (including phenoxy) is 1. The van der Waals surface area contributed by atoms with Crippen molar-refractivity contribution in [3.8, 4) is 5.75 Å². The number of nitrogens with one attached hydrogen (secondary N) is 1. The third kappa shape index (κ3) is 4.88. The van der Waals surface area contributed by atoms with Crippen molar-refractivity contribution < 1.29 is 28.0 Å². The van der Waals surface area contributed by atoms with Gasteiger partial charge >= 0.3 is 6.18 Å². The number of halogens is 3. The van der Waals surface area contributed by atoms with Crippen molar-refractivity contribution in [1.82, 2.24) is 5.32 Å². The highest BCUT2D eigenvalue weighted by molar-refractivity contribution is 5.79. The molecule has 0 radical (unpaired) electrons. The Morgan fingerprint density at radius 1 is 1.30 bits per heavy atom. The molecule has 1 fully saturated rings. The van der Waals surface area contributed by atoms with Crippen molar-refractivity contribution >= 4 is 11.9 Å². The first-order valence-corrected chi connectivity index (χ1v) is 9.17. The van der Waals surface area contributed by atoms with E-state index in [9.17, 15) is 23.3 Å². The van der Waals surface area contributed by atoms with E-state index in [0.717, 1.165) is 0 Å². The molecule has 10 heteroatoms. The van der Waals surface area contributed by atoms with Gasteiger partial charge in [0, 0.05) is 23.6 Å². The number of oxime groups is 1. The lowest BCUT2D eigenvalue weighted by Crippen LogP contribution is -2.44. The lowest BCUT2D eigenvalue weighted by Gasteiger charge is -2.23. The van der Waals surface area contributed by atoms with Gasteiger partial charge in [-0.3, -0.25) is 15.4 Å². The molecule has 1 aliphatic rings. The summed E-state index contributed by atoms with van der Waals surface area (Å²) < 4.78 is 46.5. The van der Waals surface area contributed by atoms with Crippen LogP contribution in [0.5, 0.6) is 5.75 Å². The topological polar surface area (TPSA) is 97.0 Å². The summed E-state index contributed by atoms with van der Waals surface area (Å²) in [6.45, 7) is 1.54. The normalized spacial score (nSPS) is 21.8. The molecular weight excluding hydrogens is 403 g/mol. The smallest absolute Gasteiger partial charge is 0.404 e. The summed E-state index contributed by atoms with van der Waals surface area (Å²) in [5.41, 5.74) is 1.25. The van der Waals surface area contributed by atoms with Crippen molar-refractivity contribution in [2.24, 2.45) is 5.16 Å². The van der Waals surface area contributed by atoms with Gasteiger partial charge in [-0.2, -0.15) is 13.2 Å². The van der Waals surface area contributed by atoms with E-state index >= 15 is 0 Å². The Labute approximate surface area is 170 Å². The third-order valence-corrected chi connectivity index (χ3v) is 5.09. The summed E-state index contributed by atoms with van der Waals surface area (Å²) >= 11 is 0. The van der Waals surface area contributed by atoms with Crippen LogP contribution in [-0.4, -0.2) is 41.2 Å². The molecule has 1 heterocycles. The summed E-state index contributed by atoms with van der Waals surface area (Å²) in [4.78, 5) is 10.4. The minimum absolute atomic E-state index is 0.0302. The van der Waals surface area contributed by atoms with E-state index in [-0.39, 0.29) is 18.7 Å². The lowest BCUT2D eigenvalue weighted by atomic mass is 9.89. The van der Waals surface area contributed by atoms with Crippen LogP contribution in [0, 0.1) is 17.0 Å². The van der Waals surface area contributed by atoms with Crippen LogP contribution < -0.4 is 10.1 Å². The van der Waals surface area contributed by atoms with Gasteiger partial charge in [0.05, 0.1) is 11.1 Å². The van der Waals surface area contributed by atoms with E-state index in [1.807, 2.05) is 0 Å². The maximum Gasteiger partial charge on any atom is 0.404 e. The van der Waals surface area contributed by atoms with E-state index in [4.69, 9.17) is 9.94 Å². The van der Waals surface area contributed by atoms with Gasteiger partial charge < -0.3 is 9.94 Å². The van der Waals surface area contributed by atoms with Gasteiger partial charge in [-0.25, -0.2) is 0 Å². The molecule has 0 spiro atoms. The fourth-order valence-corrected chi connectivity index (χ4v) is 3.68. The highest BCUT2D eigenvalue weighted by atomic mass is 19.4. The molecule has 2 aromatic carbocycles. The van der Waals surface area contributed by atoms with Crippen LogP contribution in [-0.2, 0) is 0 Å². The summed E-state index contributed by atoms with van der Waals surface area (Å²) in [5.74, 6) is -0.397. The number of hydrogen-bond acceptors (Lipinski definition) is 6. The first-order chi connectivity index (χ1) is 14.2. The van der Waals surface area contributed by atoms with Crippen LogP contribution in [0.1, 0.15) is 29.0 Å². The molecule has 0 saturated carbocycles. The highest BCUT2D eigenvalue weighted by Gasteiger charge is 2.50. The van der Waals surface area contributed by atoms with Gasteiger partial charge in [0.15, 0.2) is 0 Å². The zero-order valence-corrected chi connectivity index (χ0v) is 16.0. The number of alkyl halides is 3. The zero-order chi connectivity index (χ0) is 21.9. The van der Waals surface area contributed by atoms with Crippen LogP contribution in [0.25, 0.3) is 0 Å². The van der Waals surface area contributed by atoms with Gasteiger partial charge in [0.1, 0.15) is 18.4 Å². The van der Waals surface area contributed by atoms with E-state index in [0.29, 0.717) is 22.4 Å². The maximum absolute atomic E-state index is 13.6. The van der Waals surface area contributed by atoms with Crippen molar-refractivity contribution in [2.45, 2.75) is 37.5 Å². The van der Waals surface area contributed by atoms with E-state index in [2.05, 4.69) is 10.5 Å². The second kappa shape index (κ2) is 8.70. The Morgan fingerprint density at radius 2 is 2.00 bits per heavy atom. The quantitative estimate of drug-likeness (QED) is 0.315. The van der Waals surface area contributed by atoms with Gasteiger partial charge in [-0.1, -0.05) is 11.2 Å². The molecule has 1 unspecified atom stereocenters. The molecule has 0 aliphatic carbocycles. The Hall–Kier alpha value is -3.14. The minimum atomic E-state index is -4.47. The number of benzene rings is 2. The molecule has 0 bridgehead atoms. The van der Waals surface area contributed by atoms with Crippen LogP contribution in [0.15, 0.2) is 47.6 Å². The molecule has 1 saturated heterocycles. The Bertz CT molecular complexity index is 932. The molecule has 0 aromatic heterocycles. The molecule has 2 aromatic rings. The average molecular weight is 423 g/mol. The zero-order valence-electron chi connectivity index (χ0n) is 16.0. The Balaban J connectivity index is 1.73. The third-order valence-electron chi connectivity index (χ3n) is 5.09. The highest BCUT2D eigenvalue weighted by Crippen LogP contribution is 2.40. The molecular formula is C20H20F3N3O4. The summed E-state index contributed by atoms with van der Waals surface area (Å²) in [7, 11) is 0. The number of nitro benzene ring substituents is 1. The van der Waals surface area contributed by atoms with E-state index in [1.165, 1.54) is 31.3 Å². The molecule has 7 nitrogen and oxygen atoms in total. The van der Waals surface area contributed by atoms with Gasteiger partial charge in [-0.05, 0) is 54.8 Å². The van der Waals surface area contributed by atoms with E-state index < -0.39 is 29.1 Å². The first-order valence-electron chi connectivity index (χ1n) is 9.17. The minimum Gasteiger partial charge on any atom is -0.492 e. The fraction of sp³-hybridized carbons (Fsp3) is 0.350. The van der Waals surface area contributed by atoms with Crippen LogP contribution in [0.3, 0.4) is 0 Å². The summed E-state index contributed by atoms with van der Waals surface area (Å²) in [6.07, 6.45) is -3.05. The molecule has 2 N–H and O–H groups in total. The second-order valence-corrected chi connectivity index (χ2v) is 7.15. The molecule has 0 amide bonds. The van der Waals surface area contributed by atoms with Gasteiger partial charge in [-0.15, -0.1) is 0 Å².